The first-order valence-electron chi connectivity index (χ1n) is 5.83. The molecule has 21 heavy (non-hydrogen) atoms. The van der Waals surface area contributed by atoms with Crippen LogP contribution in [0.1, 0.15) is 0 Å². The average molecular weight is 308 g/mol. The van der Waals surface area contributed by atoms with Crippen LogP contribution in [-0.4, -0.2) is 10.2 Å². The Balaban J connectivity index is 0.00000161. The molecule has 2 aromatic carbocycles. The molecule has 0 radical (unpaired) electrons. The number of phenols is 1. The normalized spacial score (nSPS) is 10.3. The Morgan fingerprint density at radius 1 is 1.05 bits per heavy atom. The van der Waals surface area contributed by atoms with Crippen LogP contribution in [0, 0.1) is 0 Å². The molecule has 6 heteroatoms. The molecule has 0 amide bonds. The molecule has 0 atom stereocenters. The zero-order valence-electron chi connectivity index (χ0n) is 11.2. The monoisotopic (exact) mass is 308 g/mol. The fraction of sp³-hybridized carbons (Fsp3) is 0. The molecular weight excluding hydrogens is 299 g/mol. The van der Waals surface area contributed by atoms with Gasteiger partial charge in [0.05, 0.1) is 5.39 Å². The molecule has 0 aliphatic rings. The van der Waals surface area contributed by atoms with Gasteiger partial charge in [0.2, 0.25) is 11.2 Å². The summed E-state index contributed by atoms with van der Waals surface area (Å²) in [6.45, 7) is 0. The van der Waals surface area contributed by atoms with Crippen molar-refractivity contribution in [2.45, 2.75) is 0 Å². The Morgan fingerprint density at radius 2 is 1.71 bits per heavy atom. The summed E-state index contributed by atoms with van der Waals surface area (Å²) in [7, 11) is 0. The maximum absolute atomic E-state index is 12.1. The molecule has 2 N–H and O–H groups in total. The van der Waals surface area contributed by atoms with Gasteiger partial charge in [-0.2, -0.15) is 0 Å². The van der Waals surface area contributed by atoms with Gasteiger partial charge in [0, 0.05) is 11.6 Å². The Labute approximate surface area is 161 Å². The topological polar surface area (TPSA) is 93.7 Å². The molecule has 3 aromatic rings. The van der Waals surface area contributed by atoms with E-state index in [4.69, 9.17) is 4.42 Å². The van der Waals surface area contributed by atoms with E-state index in [0.29, 0.717) is 5.56 Å². The molecule has 5 nitrogen and oxygen atoms in total. The molecular formula is C15H9KO5. The van der Waals surface area contributed by atoms with Crippen molar-refractivity contribution in [1.29, 1.82) is 0 Å². The number of hydrogen-bond donors (Lipinski definition) is 2. The summed E-state index contributed by atoms with van der Waals surface area (Å²) in [5, 5.41) is 30.8. The summed E-state index contributed by atoms with van der Waals surface area (Å²) in [5.41, 5.74) is -0.369. The SMILES string of the molecule is O=c1c(O)c(-c2ccccc2)oc2cc(O)cc([O-])c12.[K+]. The Morgan fingerprint density at radius 3 is 2.38 bits per heavy atom. The first-order valence-corrected chi connectivity index (χ1v) is 5.83. The summed E-state index contributed by atoms with van der Waals surface area (Å²) in [5.74, 6) is -1.64. The number of rotatable bonds is 1. The third kappa shape index (κ3) is 2.86. The maximum Gasteiger partial charge on any atom is 1.00 e. The fourth-order valence-corrected chi connectivity index (χ4v) is 2.05. The zero-order valence-corrected chi connectivity index (χ0v) is 14.3. The Kier molecular flexibility index (Phi) is 4.75. The van der Waals surface area contributed by atoms with Crippen molar-refractivity contribution < 1.29 is 71.1 Å². The van der Waals surface area contributed by atoms with Crippen LogP contribution in [0.4, 0.5) is 0 Å². The summed E-state index contributed by atoms with van der Waals surface area (Å²) in [4.78, 5) is 12.1. The van der Waals surface area contributed by atoms with E-state index in [0.717, 1.165) is 6.07 Å². The van der Waals surface area contributed by atoms with E-state index in [-0.39, 0.29) is 73.9 Å². The predicted octanol–water partition coefficient (Wildman–Crippen LogP) is -1.05. The Hall–Kier alpha value is -1.31. The molecule has 0 spiro atoms. The van der Waals surface area contributed by atoms with Gasteiger partial charge < -0.3 is 19.7 Å². The van der Waals surface area contributed by atoms with Crippen LogP contribution < -0.4 is 61.9 Å². The zero-order chi connectivity index (χ0) is 14.3. The summed E-state index contributed by atoms with van der Waals surface area (Å²) in [6, 6.07) is 10.6. The van der Waals surface area contributed by atoms with Crippen molar-refractivity contribution >= 4 is 11.0 Å². The summed E-state index contributed by atoms with van der Waals surface area (Å²) in [6.07, 6.45) is 0. The van der Waals surface area contributed by atoms with Crippen molar-refractivity contribution in [3.63, 3.8) is 0 Å². The van der Waals surface area contributed by atoms with Crippen molar-refractivity contribution in [3.05, 3.63) is 52.7 Å². The standard InChI is InChI=1S/C15H10O5.K/c16-9-6-10(17)12-11(7-9)20-15(14(19)13(12)18)8-4-2-1-3-5-8;/h1-7,16-17,19H;/q;+1/p-1. The van der Waals surface area contributed by atoms with E-state index in [1.165, 1.54) is 6.07 Å². The largest absolute Gasteiger partial charge is 1.00 e. The molecule has 1 heterocycles. The molecule has 0 aliphatic carbocycles. The van der Waals surface area contributed by atoms with Crippen LogP contribution >= 0.6 is 0 Å². The fourth-order valence-electron chi connectivity index (χ4n) is 2.05. The molecule has 3 rings (SSSR count). The van der Waals surface area contributed by atoms with Gasteiger partial charge in [-0.05, 0) is 6.07 Å². The van der Waals surface area contributed by atoms with Crippen LogP contribution in [0.25, 0.3) is 22.3 Å². The average Bonchev–Trinajstić information content (AvgIpc) is 2.43. The van der Waals surface area contributed by atoms with E-state index in [1.54, 1.807) is 30.3 Å². The van der Waals surface area contributed by atoms with Gasteiger partial charge in [0.15, 0.2) is 5.76 Å². The molecule has 0 bridgehead atoms. The maximum atomic E-state index is 12.1. The van der Waals surface area contributed by atoms with Crippen LogP contribution in [0.3, 0.4) is 0 Å². The van der Waals surface area contributed by atoms with Gasteiger partial charge in [-0.1, -0.05) is 36.1 Å². The first-order chi connectivity index (χ1) is 9.58. The van der Waals surface area contributed by atoms with Crippen LogP contribution in [0.15, 0.2) is 51.7 Å². The number of phenolic OH excluding ortho intramolecular Hbond substituents is 1. The number of hydrogen-bond acceptors (Lipinski definition) is 5. The van der Waals surface area contributed by atoms with Gasteiger partial charge in [-0.25, -0.2) is 0 Å². The minimum absolute atomic E-state index is 0. The third-order valence-corrected chi connectivity index (χ3v) is 2.96. The van der Waals surface area contributed by atoms with Crippen molar-refractivity contribution in [2.24, 2.45) is 0 Å². The van der Waals surface area contributed by atoms with Gasteiger partial charge in [-0.15, -0.1) is 0 Å². The molecule has 0 aliphatic heterocycles. The summed E-state index contributed by atoms with van der Waals surface area (Å²) < 4.78 is 5.41. The van der Waals surface area contributed by atoms with E-state index >= 15 is 0 Å². The van der Waals surface area contributed by atoms with E-state index in [2.05, 4.69) is 0 Å². The van der Waals surface area contributed by atoms with Gasteiger partial charge in [0.1, 0.15) is 11.3 Å². The molecule has 0 saturated heterocycles. The number of benzene rings is 2. The second-order valence-corrected chi connectivity index (χ2v) is 4.29. The molecule has 100 valence electrons. The van der Waals surface area contributed by atoms with Crippen LogP contribution in [0.2, 0.25) is 0 Å². The number of aromatic hydroxyl groups is 2. The van der Waals surface area contributed by atoms with Gasteiger partial charge >= 0.3 is 51.4 Å². The molecule has 0 unspecified atom stereocenters. The number of fused-ring (bicyclic) bond motifs is 1. The minimum Gasteiger partial charge on any atom is -0.872 e. The van der Waals surface area contributed by atoms with Gasteiger partial charge in [0.25, 0.3) is 0 Å². The molecule has 0 fully saturated rings. The predicted molar refractivity (Wildman–Crippen MR) is 70.7 cm³/mol. The second-order valence-electron chi connectivity index (χ2n) is 4.29. The molecule has 0 saturated carbocycles. The van der Waals surface area contributed by atoms with E-state index < -0.39 is 16.9 Å². The smallest absolute Gasteiger partial charge is 0.872 e. The quantitative estimate of drug-likeness (QED) is 0.560. The van der Waals surface area contributed by atoms with Crippen LogP contribution in [-0.2, 0) is 0 Å². The van der Waals surface area contributed by atoms with Crippen molar-refractivity contribution in [1.82, 2.24) is 0 Å². The first kappa shape index (κ1) is 16.1. The van der Waals surface area contributed by atoms with Crippen LogP contribution in [0.5, 0.6) is 17.2 Å². The van der Waals surface area contributed by atoms with E-state index in [1.807, 2.05) is 0 Å². The van der Waals surface area contributed by atoms with Crippen molar-refractivity contribution in [2.75, 3.05) is 0 Å². The van der Waals surface area contributed by atoms with E-state index in [9.17, 15) is 20.1 Å². The molecule has 1 aromatic heterocycles. The van der Waals surface area contributed by atoms with Gasteiger partial charge in [-0.3, -0.25) is 4.79 Å². The Bertz CT molecular complexity index is 855. The van der Waals surface area contributed by atoms with Crippen molar-refractivity contribution in [3.8, 4) is 28.6 Å². The third-order valence-electron chi connectivity index (χ3n) is 2.96. The summed E-state index contributed by atoms with van der Waals surface area (Å²) >= 11 is 0. The second kappa shape index (κ2) is 6.21. The minimum atomic E-state index is -0.810.